The van der Waals surface area contributed by atoms with E-state index in [2.05, 4.69) is 6.07 Å². The smallest absolute Gasteiger partial charge is 0.176 e. The van der Waals surface area contributed by atoms with Gasteiger partial charge in [0.1, 0.15) is 0 Å². The fourth-order valence-corrected chi connectivity index (χ4v) is 2.54. The van der Waals surface area contributed by atoms with E-state index in [9.17, 15) is 4.79 Å². The van der Waals surface area contributed by atoms with E-state index in [1.54, 1.807) is 24.3 Å². The van der Waals surface area contributed by atoms with Crippen LogP contribution in [-0.4, -0.2) is 23.8 Å². The average molecular weight is 347 g/mol. The summed E-state index contributed by atoms with van der Waals surface area (Å²) in [7, 11) is 0. The second-order valence-electron chi connectivity index (χ2n) is 5.14. The minimum absolute atomic E-state index is 0.00772. The third-order valence-electron chi connectivity index (χ3n) is 3.43. The zero-order valence-electron chi connectivity index (χ0n) is 12.5. The molecule has 2 aromatic rings. The van der Waals surface area contributed by atoms with Crippen molar-refractivity contribution in [2.75, 3.05) is 13.1 Å². The topological polar surface area (TPSA) is 44.1 Å². The monoisotopic (exact) mass is 346 g/mol. The molecule has 5 heteroatoms. The molecule has 0 atom stereocenters. The van der Waals surface area contributed by atoms with Crippen molar-refractivity contribution >= 4 is 29.0 Å². The highest BCUT2D eigenvalue weighted by molar-refractivity contribution is 6.31. The molecule has 2 rings (SSSR count). The van der Waals surface area contributed by atoms with Crippen molar-refractivity contribution in [3.63, 3.8) is 0 Å². The maximum Gasteiger partial charge on any atom is 0.176 e. The second kappa shape index (κ2) is 8.69. The van der Waals surface area contributed by atoms with E-state index in [1.807, 2.05) is 29.2 Å². The van der Waals surface area contributed by atoms with Crippen LogP contribution in [0.4, 0.5) is 0 Å². The molecule has 0 N–H and O–H groups in total. The highest BCUT2D eigenvalue weighted by atomic mass is 35.5. The Balaban J connectivity index is 2.09. The molecular formula is C18H16Cl2N2O. The van der Waals surface area contributed by atoms with Crippen LogP contribution in [0.1, 0.15) is 22.3 Å². The summed E-state index contributed by atoms with van der Waals surface area (Å²) in [4.78, 5) is 14.3. The number of carbonyl (C=O) groups excluding carboxylic acids is 1. The highest BCUT2D eigenvalue weighted by Gasteiger charge is 2.14. The van der Waals surface area contributed by atoms with Crippen LogP contribution < -0.4 is 0 Å². The molecule has 0 saturated heterocycles. The number of nitriles is 1. The average Bonchev–Trinajstić information content (AvgIpc) is 2.55. The summed E-state index contributed by atoms with van der Waals surface area (Å²) in [5.74, 6) is -0.00772. The van der Waals surface area contributed by atoms with E-state index in [4.69, 9.17) is 28.5 Å². The Labute approximate surface area is 146 Å². The van der Waals surface area contributed by atoms with Crippen molar-refractivity contribution in [2.24, 2.45) is 0 Å². The molecular weight excluding hydrogens is 331 g/mol. The lowest BCUT2D eigenvalue weighted by atomic mass is 10.1. The van der Waals surface area contributed by atoms with E-state index in [-0.39, 0.29) is 12.3 Å². The van der Waals surface area contributed by atoms with Crippen LogP contribution in [0.5, 0.6) is 0 Å². The predicted octanol–water partition coefficient (Wildman–Crippen LogP) is 4.59. The molecule has 2 aromatic carbocycles. The molecule has 118 valence electrons. The molecule has 0 aliphatic heterocycles. The van der Waals surface area contributed by atoms with Crippen LogP contribution in [-0.2, 0) is 6.54 Å². The quantitative estimate of drug-likeness (QED) is 0.688. The van der Waals surface area contributed by atoms with Gasteiger partial charge in [-0.2, -0.15) is 5.26 Å². The van der Waals surface area contributed by atoms with E-state index in [0.717, 1.165) is 5.56 Å². The normalized spacial score (nSPS) is 10.5. The molecule has 3 nitrogen and oxygen atoms in total. The number of ketones is 1. The van der Waals surface area contributed by atoms with Gasteiger partial charge in [0.15, 0.2) is 5.78 Å². The summed E-state index contributed by atoms with van der Waals surface area (Å²) in [5, 5.41) is 10.1. The summed E-state index contributed by atoms with van der Waals surface area (Å²) in [6.45, 7) is 1.27. The summed E-state index contributed by atoms with van der Waals surface area (Å²) < 4.78 is 0. The number of hydrogen-bond acceptors (Lipinski definition) is 3. The lowest BCUT2D eigenvalue weighted by Gasteiger charge is -2.21. The van der Waals surface area contributed by atoms with Crippen LogP contribution in [0.2, 0.25) is 10.0 Å². The number of Topliss-reactive ketones (excluding diaryl/α,β-unsaturated/α-hetero) is 1. The van der Waals surface area contributed by atoms with Crippen molar-refractivity contribution in [1.82, 2.24) is 4.90 Å². The third-order valence-corrected chi connectivity index (χ3v) is 4.05. The number of halogens is 2. The zero-order chi connectivity index (χ0) is 16.7. The van der Waals surface area contributed by atoms with Crippen molar-refractivity contribution in [3.8, 4) is 6.07 Å². The predicted molar refractivity (Wildman–Crippen MR) is 92.7 cm³/mol. The largest absolute Gasteiger partial charge is 0.293 e. The molecule has 0 amide bonds. The Morgan fingerprint density at radius 3 is 2.43 bits per heavy atom. The number of benzene rings is 2. The molecule has 0 saturated carbocycles. The highest BCUT2D eigenvalue weighted by Crippen LogP contribution is 2.18. The molecule has 0 bridgehead atoms. The lowest BCUT2D eigenvalue weighted by Crippen LogP contribution is -2.30. The summed E-state index contributed by atoms with van der Waals surface area (Å²) in [5.41, 5.74) is 1.55. The van der Waals surface area contributed by atoms with Gasteiger partial charge in [0.05, 0.1) is 12.6 Å². The fraction of sp³-hybridized carbons (Fsp3) is 0.222. The standard InChI is InChI=1S/C18H16Cl2N2O/c19-16-8-6-14(7-9-16)18(23)13-22(11-3-10-21)12-15-4-1-2-5-17(15)20/h1-2,4-9H,3,11-13H2. The fourth-order valence-electron chi connectivity index (χ4n) is 2.22. The minimum atomic E-state index is -0.00772. The van der Waals surface area contributed by atoms with Crippen LogP contribution in [0, 0.1) is 11.3 Å². The third kappa shape index (κ3) is 5.37. The number of rotatable bonds is 7. The van der Waals surface area contributed by atoms with Crippen LogP contribution in [0.25, 0.3) is 0 Å². The number of carbonyl (C=O) groups is 1. The van der Waals surface area contributed by atoms with Gasteiger partial charge in [0, 0.05) is 35.1 Å². The van der Waals surface area contributed by atoms with E-state index in [1.165, 1.54) is 0 Å². The van der Waals surface area contributed by atoms with Crippen molar-refractivity contribution in [1.29, 1.82) is 5.26 Å². The van der Waals surface area contributed by atoms with Gasteiger partial charge in [0.2, 0.25) is 0 Å². The van der Waals surface area contributed by atoms with Gasteiger partial charge in [0.25, 0.3) is 0 Å². The Morgan fingerprint density at radius 1 is 1.09 bits per heavy atom. The van der Waals surface area contributed by atoms with Gasteiger partial charge in [-0.05, 0) is 35.9 Å². The summed E-state index contributed by atoms with van der Waals surface area (Å²) in [6, 6.07) is 16.4. The van der Waals surface area contributed by atoms with Crippen molar-refractivity contribution < 1.29 is 4.79 Å². The molecule has 0 unspecified atom stereocenters. The van der Waals surface area contributed by atoms with Gasteiger partial charge in [-0.25, -0.2) is 0 Å². The SMILES string of the molecule is N#CCCN(CC(=O)c1ccc(Cl)cc1)Cc1ccccc1Cl. The molecule has 23 heavy (non-hydrogen) atoms. The van der Waals surface area contributed by atoms with Crippen molar-refractivity contribution in [3.05, 3.63) is 69.7 Å². The van der Waals surface area contributed by atoms with E-state index in [0.29, 0.717) is 35.1 Å². The lowest BCUT2D eigenvalue weighted by molar-refractivity contribution is 0.0927. The van der Waals surface area contributed by atoms with Crippen LogP contribution >= 0.6 is 23.2 Å². The Morgan fingerprint density at radius 2 is 1.78 bits per heavy atom. The van der Waals surface area contributed by atoms with Gasteiger partial charge < -0.3 is 0 Å². The van der Waals surface area contributed by atoms with E-state index < -0.39 is 0 Å². The van der Waals surface area contributed by atoms with Crippen LogP contribution in [0.15, 0.2) is 48.5 Å². The Kier molecular flexibility index (Phi) is 6.61. The van der Waals surface area contributed by atoms with E-state index >= 15 is 0 Å². The second-order valence-corrected chi connectivity index (χ2v) is 5.98. The first-order valence-corrected chi connectivity index (χ1v) is 7.97. The number of nitrogens with zero attached hydrogens (tertiary/aromatic N) is 2. The molecule has 0 spiro atoms. The molecule has 0 aliphatic rings. The maximum absolute atomic E-state index is 12.4. The zero-order valence-corrected chi connectivity index (χ0v) is 14.0. The van der Waals surface area contributed by atoms with Crippen LogP contribution in [0.3, 0.4) is 0 Å². The summed E-state index contributed by atoms with van der Waals surface area (Å²) in [6.07, 6.45) is 0.359. The minimum Gasteiger partial charge on any atom is -0.293 e. The molecule has 0 heterocycles. The molecule has 0 fully saturated rings. The first-order chi connectivity index (χ1) is 11.1. The summed E-state index contributed by atoms with van der Waals surface area (Å²) >= 11 is 12.0. The Hall–Kier alpha value is -1.86. The van der Waals surface area contributed by atoms with Gasteiger partial charge in [-0.15, -0.1) is 0 Å². The van der Waals surface area contributed by atoms with Gasteiger partial charge >= 0.3 is 0 Å². The number of hydrogen-bond donors (Lipinski definition) is 0. The van der Waals surface area contributed by atoms with Crippen molar-refractivity contribution in [2.45, 2.75) is 13.0 Å². The Bertz CT molecular complexity index is 708. The van der Waals surface area contributed by atoms with Gasteiger partial charge in [-0.3, -0.25) is 9.69 Å². The molecule has 0 radical (unpaired) electrons. The first-order valence-electron chi connectivity index (χ1n) is 7.21. The first kappa shape index (κ1) is 17.5. The molecule has 0 aromatic heterocycles. The van der Waals surface area contributed by atoms with Gasteiger partial charge in [-0.1, -0.05) is 41.4 Å². The maximum atomic E-state index is 12.4. The molecule has 0 aliphatic carbocycles.